The van der Waals surface area contributed by atoms with Crippen LogP contribution >= 0.6 is 0 Å². The highest BCUT2D eigenvalue weighted by atomic mass is 16.5. The Kier molecular flexibility index (Phi) is 3.63. The lowest BCUT2D eigenvalue weighted by atomic mass is 10.1. The van der Waals surface area contributed by atoms with Crippen molar-refractivity contribution >= 4 is 16.9 Å². The van der Waals surface area contributed by atoms with Crippen molar-refractivity contribution in [2.75, 3.05) is 12.4 Å². The number of fused-ring (bicyclic) bond motifs is 1. The zero-order valence-electron chi connectivity index (χ0n) is 13.1. The van der Waals surface area contributed by atoms with Gasteiger partial charge in [0.2, 0.25) is 5.89 Å². The van der Waals surface area contributed by atoms with Gasteiger partial charge in [0.25, 0.3) is 0 Å². The molecule has 120 valence electrons. The summed E-state index contributed by atoms with van der Waals surface area (Å²) < 4.78 is 10.8. The highest BCUT2D eigenvalue weighted by Crippen LogP contribution is 2.24. The first-order valence-electron chi connectivity index (χ1n) is 7.60. The van der Waals surface area contributed by atoms with Crippen LogP contribution < -0.4 is 10.1 Å². The zero-order chi connectivity index (χ0) is 16.4. The van der Waals surface area contributed by atoms with E-state index in [1.54, 1.807) is 7.11 Å². The minimum atomic E-state index is 0.398. The topological polar surface area (TPSA) is 76.0 Å². The van der Waals surface area contributed by atoms with Crippen LogP contribution in [0.15, 0.2) is 59.1 Å². The molecule has 0 bridgehead atoms. The molecule has 0 unspecified atom stereocenters. The van der Waals surface area contributed by atoms with Crippen LogP contribution in [0.2, 0.25) is 0 Å². The number of benzene rings is 2. The molecule has 2 aromatic heterocycles. The highest BCUT2D eigenvalue weighted by Gasteiger charge is 2.09. The predicted octanol–water partition coefficient (Wildman–Crippen LogP) is 3.84. The van der Waals surface area contributed by atoms with E-state index < -0.39 is 0 Å². The molecule has 2 heterocycles. The Morgan fingerprint density at radius 1 is 1.08 bits per heavy atom. The van der Waals surface area contributed by atoms with Crippen molar-refractivity contribution in [2.24, 2.45) is 0 Å². The third kappa shape index (κ3) is 2.81. The van der Waals surface area contributed by atoms with Crippen LogP contribution in [-0.2, 0) is 6.54 Å². The lowest BCUT2D eigenvalue weighted by Gasteiger charge is -2.03. The fourth-order valence-corrected chi connectivity index (χ4v) is 2.52. The number of hydrogen-bond donors (Lipinski definition) is 2. The van der Waals surface area contributed by atoms with Crippen molar-refractivity contribution < 1.29 is 9.15 Å². The number of nitrogens with one attached hydrogen (secondary N) is 2. The predicted molar refractivity (Wildman–Crippen MR) is 91.9 cm³/mol. The summed E-state index contributed by atoms with van der Waals surface area (Å²) in [5.74, 6) is 1.33. The van der Waals surface area contributed by atoms with E-state index in [1.807, 2.05) is 54.7 Å². The number of ether oxygens (including phenoxy) is 1. The smallest absolute Gasteiger partial charge is 0.316 e. The number of H-pyrrole nitrogens is 1. The van der Waals surface area contributed by atoms with Gasteiger partial charge in [0.05, 0.1) is 7.11 Å². The van der Waals surface area contributed by atoms with Crippen LogP contribution in [0.5, 0.6) is 5.75 Å². The Bertz CT molecular complexity index is 956. The van der Waals surface area contributed by atoms with Gasteiger partial charge in [-0.1, -0.05) is 17.2 Å². The van der Waals surface area contributed by atoms with Crippen LogP contribution in [0, 0.1) is 0 Å². The maximum absolute atomic E-state index is 5.69. The first-order chi connectivity index (χ1) is 11.8. The molecule has 0 saturated heterocycles. The van der Waals surface area contributed by atoms with Crippen LogP contribution in [0.3, 0.4) is 0 Å². The third-order valence-corrected chi connectivity index (χ3v) is 3.83. The quantitative estimate of drug-likeness (QED) is 0.584. The molecule has 0 spiro atoms. The van der Waals surface area contributed by atoms with Crippen molar-refractivity contribution in [3.8, 4) is 17.2 Å². The van der Waals surface area contributed by atoms with Gasteiger partial charge >= 0.3 is 6.01 Å². The van der Waals surface area contributed by atoms with Gasteiger partial charge in [-0.05, 0) is 42.0 Å². The van der Waals surface area contributed by atoms with E-state index >= 15 is 0 Å². The van der Waals surface area contributed by atoms with Gasteiger partial charge in [0, 0.05) is 29.2 Å². The van der Waals surface area contributed by atoms with Crippen molar-refractivity contribution in [1.82, 2.24) is 15.2 Å². The number of aromatic nitrogens is 3. The second-order valence-electron chi connectivity index (χ2n) is 5.39. The molecule has 24 heavy (non-hydrogen) atoms. The minimum Gasteiger partial charge on any atom is -0.497 e. The summed E-state index contributed by atoms with van der Waals surface area (Å²) in [5.41, 5.74) is 3.08. The Balaban J connectivity index is 1.47. The van der Waals surface area contributed by atoms with Crippen molar-refractivity contribution in [1.29, 1.82) is 0 Å². The Morgan fingerprint density at radius 3 is 2.79 bits per heavy atom. The Morgan fingerprint density at radius 2 is 1.96 bits per heavy atom. The molecule has 0 atom stereocenters. The number of anilines is 1. The summed E-state index contributed by atoms with van der Waals surface area (Å²) in [6.45, 7) is 0.600. The van der Waals surface area contributed by atoms with E-state index in [0.29, 0.717) is 18.5 Å². The average molecular weight is 320 g/mol. The molecule has 0 aliphatic carbocycles. The monoisotopic (exact) mass is 320 g/mol. The summed E-state index contributed by atoms with van der Waals surface area (Å²) in [7, 11) is 1.65. The number of aromatic amines is 1. The molecule has 0 radical (unpaired) electrons. The average Bonchev–Trinajstić information content (AvgIpc) is 3.29. The summed E-state index contributed by atoms with van der Waals surface area (Å²) in [6.07, 6.45) is 1.91. The molecule has 0 aliphatic rings. The summed E-state index contributed by atoms with van der Waals surface area (Å²) >= 11 is 0. The molecule has 0 amide bonds. The van der Waals surface area contributed by atoms with Gasteiger partial charge in [-0.25, -0.2) is 0 Å². The van der Waals surface area contributed by atoms with Gasteiger partial charge in [-0.15, -0.1) is 5.10 Å². The number of nitrogens with zero attached hydrogens (tertiary/aromatic N) is 2. The molecule has 0 fully saturated rings. The Hall–Kier alpha value is -3.28. The zero-order valence-corrected chi connectivity index (χ0v) is 13.1. The molecule has 2 N–H and O–H groups in total. The first kappa shape index (κ1) is 14.3. The SMILES string of the molecule is COc1ccc(CNc2nnc(-c3ccc4[nH]ccc4c3)o2)cc1. The van der Waals surface area contributed by atoms with E-state index in [-0.39, 0.29) is 0 Å². The second-order valence-corrected chi connectivity index (χ2v) is 5.39. The standard InChI is InChI=1S/C18H16N4O2/c1-23-15-5-2-12(3-6-15)11-20-18-22-21-17(24-18)14-4-7-16-13(10-14)8-9-19-16/h2-10,19H,11H2,1H3,(H,20,22). The molecule has 0 aliphatic heterocycles. The molecular weight excluding hydrogens is 304 g/mol. The molecule has 4 aromatic rings. The first-order valence-corrected chi connectivity index (χ1v) is 7.60. The van der Waals surface area contributed by atoms with Crippen LogP contribution in [0.1, 0.15) is 5.56 Å². The fraction of sp³-hybridized carbons (Fsp3) is 0.111. The third-order valence-electron chi connectivity index (χ3n) is 3.83. The minimum absolute atomic E-state index is 0.398. The molecular formula is C18H16N4O2. The van der Waals surface area contributed by atoms with E-state index in [9.17, 15) is 0 Å². The second kappa shape index (κ2) is 6.08. The highest BCUT2D eigenvalue weighted by molar-refractivity contribution is 5.83. The summed E-state index contributed by atoms with van der Waals surface area (Å²) in [6, 6.07) is 16.2. The van der Waals surface area contributed by atoms with Crippen LogP contribution in [0.4, 0.5) is 6.01 Å². The molecule has 0 saturated carbocycles. The number of methoxy groups -OCH3 is 1. The van der Waals surface area contributed by atoms with E-state index in [2.05, 4.69) is 20.5 Å². The van der Waals surface area contributed by atoms with Crippen molar-refractivity contribution in [2.45, 2.75) is 6.54 Å². The lowest BCUT2D eigenvalue weighted by molar-refractivity contribution is 0.414. The van der Waals surface area contributed by atoms with Gasteiger partial charge < -0.3 is 19.5 Å². The van der Waals surface area contributed by atoms with Gasteiger partial charge in [0.1, 0.15) is 5.75 Å². The van der Waals surface area contributed by atoms with Crippen molar-refractivity contribution in [3.63, 3.8) is 0 Å². The maximum Gasteiger partial charge on any atom is 0.316 e. The summed E-state index contributed by atoms with van der Waals surface area (Å²) in [5, 5.41) is 12.4. The molecule has 6 heteroatoms. The molecule has 4 rings (SSSR count). The van der Waals surface area contributed by atoms with Crippen molar-refractivity contribution in [3.05, 3.63) is 60.3 Å². The number of hydrogen-bond acceptors (Lipinski definition) is 5. The molecule has 2 aromatic carbocycles. The van der Waals surface area contributed by atoms with E-state index in [0.717, 1.165) is 27.8 Å². The van der Waals surface area contributed by atoms with Gasteiger partial charge in [-0.2, -0.15) is 0 Å². The van der Waals surface area contributed by atoms with Gasteiger partial charge in [-0.3, -0.25) is 0 Å². The van der Waals surface area contributed by atoms with E-state index in [4.69, 9.17) is 9.15 Å². The van der Waals surface area contributed by atoms with Crippen LogP contribution in [0.25, 0.3) is 22.4 Å². The van der Waals surface area contributed by atoms with Crippen LogP contribution in [-0.4, -0.2) is 22.3 Å². The number of rotatable bonds is 5. The molecule has 6 nitrogen and oxygen atoms in total. The van der Waals surface area contributed by atoms with E-state index in [1.165, 1.54) is 0 Å². The normalized spacial score (nSPS) is 10.9. The lowest BCUT2D eigenvalue weighted by Crippen LogP contribution is -1.99. The Labute approximate surface area is 138 Å². The maximum atomic E-state index is 5.69. The summed E-state index contributed by atoms with van der Waals surface area (Å²) in [4.78, 5) is 3.16. The fourth-order valence-electron chi connectivity index (χ4n) is 2.52. The largest absolute Gasteiger partial charge is 0.497 e. The van der Waals surface area contributed by atoms with Gasteiger partial charge in [0.15, 0.2) is 0 Å².